The molecule has 15 aromatic carbocycles. The van der Waals surface area contributed by atoms with Crippen LogP contribution >= 0.6 is 22.9 Å². The van der Waals surface area contributed by atoms with Crippen LogP contribution in [0.1, 0.15) is 0 Å². The van der Waals surface area contributed by atoms with Gasteiger partial charge in [-0.1, -0.05) is 237 Å². The highest BCUT2D eigenvalue weighted by molar-refractivity contribution is 14.1. The fourth-order valence-electron chi connectivity index (χ4n) is 13.6. The minimum absolute atomic E-state index is 1.09. The van der Waals surface area contributed by atoms with Gasteiger partial charge in [-0.2, -0.15) is 0 Å². The van der Waals surface area contributed by atoms with Crippen LogP contribution < -0.4 is 14.7 Å². The van der Waals surface area contributed by atoms with Crippen LogP contribution in [0.3, 0.4) is 0 Å². The molecule has 0 fully saturated rings. The molecule has 0 saturated carbocycles. The molecule has 1 aromatic heterocycles. The standard InChI is InChI=1S/C90H61IN4/c91-95-89-58-44-76-60-87(89)88-61-77(45-59-90(88)95)75-30-26-67(27-31-75)73-42-56-86(57-43-73)94(80-14-8-3-9-15-80)84-52-38-71(39-53-84)65-22-18-63(19-23-65)69-34-48-82(49-35-69)92(78-10-4-1-5-11-78)81-46-32-68(33-47-81)62-16-20-64(21-17-62)70-36-50-83(51-37-70)93(79-12-6-2-7-13-79)85-54-40-72(41-55-85)66-24-28-74(76)29-25-66/h1-61H. The van der Waals surface area contributed by atoms with E-state index in [-0.39, 0.29) is 0 Å². The van der Waals surface area contributed by atoms with E-state index in [1.165, 1.54) is 88.6 Å². The van der Waals surface area contributed by atoms with Crippen LogP contribution in [0.25, 0.3) is 111 Å². The Hall–Kier alpha value is -11.8. The van der Waals surface area contributed by atoms with Crippen molar-refractivity contribution in [2.24, 2.45) is 0 Å². The van der Waals surface area contributed by atoms with Gasteiger partial charge in [-0.25, -0.2) is 0 Å². The summed E-state index contributed by atoms with van der Waals surface area (Å²) in [5, 5.41) is 2.48. The van der Waals surface area contributed by atoms with Crippen LogP contribution in [0.5, 0.6) is 0 Å². The molecule has 0 N–H and O–H groups in total. The Morgan fingerprint density at radius 1 is 0.147 bits per heavy atom. The zero-order valence-electron chi connectivity index (χ0n) is 51.9. The lowest BCUT2D eigenvalue weighted by molar-refractivity contribution is 1.28. The Bertz CT molecular complexity index is 5050. The number of halogens is 1. The Morgan fingerprint density at radius 2 is 0.295 bits per heavy atom. The second kappa shape index (κ2) is 24.7. The normalized spacial score (nSPS) is 12.0. The number of benzene rings is 15. The first kappa shape index (κ1) is 57.2. The number of hydrogen-bond acceptors (Lipinski definition) is 3. The maximum absolute atomic E-state index is 2.46. The topological polar surface area (TPSA) is 14.7 Å². The zero-order valence-corrected chi connectivity index (χ0v) is 54.0. The highest BCUT2D eigenvalue weighted by Gasteiger charge is 2.19. The summed E-state index contributed by atoms with van der Waals surface area (Å²) in [7, 11) is 0. The molecule has 15 aliphatic rings. The summed E-state index contributed by atoms with van der Waals surface area (Å²) >= 11 is 2.46. The minimum Gasteiger partial charge on any atom is -0.311 e. The fourth-order valence-corrected chi connectivity index (χ4v) is 14.5. The SMILES string of the molecule is In1c2ccc3cc2c2cc(ccc21)-c1ccc(cc1)-c1ccc(cc1)N(c1ccccc1)c1ccc(cc1)-c1ccc(cc1)-c1ccc(cc1)N(c1ccccc1)c1ccc(cc1)-c1ccc(cc1)-c1ccc(cc1)N(c1ccccc1)c1ccc(cc1)-c1ccc-3cc1. The van der Waals surface area contributed by atoms with Gasteiger partial charge in [0.1, 0.15) is 0 Å². The largest absolute Gasteiger partial charge is 0.311 e. The summed E-state index contributed by atoms with van der Waals surface area (Å²) in [4.78, 5) is 6.99. The van der Waals surface area contributed by atoms with E-state index in [9.17, 15) is 0 Å². The summed E-state index contributed by atoms with van der Waals surface area (Å²) < 4.78 is 2.29. The van der Waals surface area contributed by atoms with Crippen LogP contribution in [0.4, 0.5) is 51.2 Å². The first-order chi connectivity index (χ1) is 47.0. The van der Waals surface area contributed by atoms with Gasteiger partial charge in [0.25, 0.3) is 0 Å². The molecule has 0 unspecified atom stereocenters. The molecule has 31 rings (SSSR count). The lowest BCUT2D eigenvalue weighted by Crippen LogP contribution is -2.09. The van der Waals surface area contributed by atoms with Crippen molar-refractivity contribution in [3.63, 3.8) is 0 Å². The van der Waals surface area contributed by atoms with Gasteiger partial charge in [-0.15, -0.1) is 0 Å². The minimum atomic E-state index is 1.09. The maximum atomic E-state index is 2.46. The van der Waals surface area contributed by atoms with Gasteiger partial charge in [-0.05, 0) is 222 Å². The smallest absolute Gasteiger partial charge is 0.0646 e. The number of fused-ring (bicyclic) bond motifs is 2. The lowest BCUT2D eigenvalue weighted by atomic mass is 9.97. The van der Waals surface area contributed by atoms with Crippen LogP contribution in [-0.4, -0.2) is 2.78 Å². The van der Waals surface area contributed by atoms with Crippen LogP contribution in [-0.2, 0) is 0 Å². The molecule has 4 nitrogen and oxygen atoms in total. The average molecular weight is 1330 g/mol. The van der Waals surface area contributed by atoms with E-state index >= 15 is 0 Å². The maximum Gasteiger partial charge on any atom is 0.0646 e. The molecule has 5 heteroatoms. The monoisotopic (exact) mass is 1320 g/mol. The molecule has 95 heavy (non-hydrogen) atoms. The van der Waals surface area contributed by atoms with Crippen molar-refractivity contribution in [1.82, 2.24) is 2.78 Å². The fraction of sp³-hybridized carbons (Fsp3) is 0. The van der Waals surface area contributed by atoms with Crippen molar-refractivity contribution < 1.29 is 0 Å². The molecular formula is C90H61IN4. The zero-order chi connectivity index (χ0) is 63.2. The van der Waals surface area contributed by atoms with Gasteiger partial charge in [0.05, 0.1) is 33.9 Å². The third-order valence-corrected chi connectivity index (χ3v) is 19.7. The first-order valence-electron chi connectivity index (χ1n) is 32.3. The van der Waals surface area contributed by atoms with Gasteiger partial charge >= 0.3 is 0 Å². The van der Waals surface area contributed by atoms with Crippen molar-refractivity contribution >= 4 is 95.9 Å². The third-order valence-electron chi connectivity index (χ3n) is 18.7. The predicted octanol–water partition coefficient (Wildman–Crippen LogP) is 26.1. The summed E-state index contributed by atoms with van der Waals surface area (Å²) in [5.41, 5.74) is 31.0. The molecule has 0 radical (unpaired) electrons. The van der Waals surface area contributed by atoms with E-state index in [0.717, 1.165) is 73.4 Å². The molecule has 24 bridgehead atoms. The Balaban J connectivity index is 0.713. The quantitative estimate of drug-likeness (QED) is 0.164. The van der Waals surface area contributed by atoms with Crippen molar-refractivity contribution in [2.75, 3.05) is 14.7 Å². The van der Waals surface area contributed by atoms with Crippen molar-refractivity contribution in [1.29, 1.82) is 0 Å². The Labute approximate surface area is 568 Å². The summed E-state index contributed by atoms with van der Waals surface area (Å²) in [6.45, 7) is 0. The van der Waals surface area contributed by atoms with E-state index in [4.69, 9.17) is 0 Å². The number of rotatable bonds is 3. The Kier molecular flexibility index (Phi) is 14.9. The van der Waals surface area contributed by atoms with E-state index in [2.05, 4.69) is 410 Å². The van der Waals surface area contributed by atoms with Gasteiger partial charge in [0.2, 0.25) is 0 Å². The molecule has 0 saturated heterocycles. The van der Waals surface area contributed by atoms with Gasteiger partial charge in [-0.3, -0.25) is 2.78 Å². The van der Waals surface area contributed by atoms with Gasteiger partial charge in [0, 0.05) is 62.0 Å². The Morgan fingerprint density at radius 3 is 0.484 bits per heavy atom. The second-order valence-electron chi connectivity index (χ2n) is 24.3. The highest BCUT2D eigenvalue weighted by atomic mass is 127. The van der Waals surface area contributed by atoms with E-state index in [0.29, 0.717) is 0 Å². The van der Waals surface area contributed by atoms with Gasteiger partial charge < -0.3 is 14.7 Å². The van der Waals surface area contributed by atoms with Crippen molar-refractivity contribution in [3.05, 3.63) is 370 Å². The highest BCUT2D eigenvalue weighted by Crippen LogP contribution is 2.43. The molecule has 16 aromatic rings. The van der Waals surface area contributed by atoms with Gasteiger partial charge in [0.15, 0.2) is 0 Å². The third kappa shape index (κ3) is 11.1. The molecule has 0 amide bonds. The number of hydrogen-bond donors (Lipinski definition) is 0. The lowest BCUT2D eigenvalue weighted by Gasteiger charge is -2.26. The molecule has 15 aliphatic heterocycles. The summed E-state index contributed by atoms with van der Waals surface area (Å²) in [5.74, 6) is 0. The second-order valence-corrected chi connectivity index (χ2v) is 25.3. The number of anilines is 9. The van der Waals surface area contributed by atoms with E-state index in [1.54, 1.807) is 0 Å². The van der Waals surface area contributed by atoms with Crippen LogP contribution in [0.15, 0.2) is 370 Å². The van der Waals surface area contributed by atoms with E-state index in [1.807, 2.05) is 0 Å². The molecular weight excluding hydrogens is 1260 g/mol. The van der Waals surface area contributed by atoms with Crippen molar-refractivity contribution in [2.45, 2.75) is 0 Å². The van der Waals surface area contributed by atoms with Crippen molar-refractivity contribution in [3.8, 4) is 89.0 Å². The molecule has 16 heterocycles. The molecule has 0 spiro atoms. The molecule has 448 valence electrons. The predicted molar refractivity (Wildman–Crippen MR) is 410 cm³/mol. The number of para-hydroxylation sites is 3. The number of nitrogens with zero attached hydrogens (tertiary/aromatic N) is 4. The van der Waals surface area contributed by atoms with Crippen LogP contribution in [0, 0.1) is 0 Å². The van der Waals surface area contributed by atoms with E-state index < -0.39 is 0 Å². The summed E-state index contributed by atoms with van der Waals surface area (Å²) in [6.07, 6.45) is 0. The number of aromatic nitrogens is 1. The first-order valence-corrected chi connectivity index (χ1v) is 33.3. The molecule has 0 atom stereocenters. The van der Waals surface area contributed by atoms with Crippen LogP contribution in [0.2, 0.25) is 0 Å². The molecule has 0 aliphatic carbocycles. The average Bonchev–Trinajstić information content (AvgIpc) is 1.64. The summed E-state index contributed by atoms with van der Waals surface area (Å²) in [6, 6.07) is 135.